The van der Waals surface area contributed by atoms with Gasteiger partial charge in [-0.2, -0.15) is 5.10 Å². The Balaban J connectivity index is 2.62. The zero-order valence-corrected chi connectivity index (χ0v) is 14.0. The second-order valence-corrected chi connectivity index (χ2v) is 7.54. The highest BCUT2D eigenvalue weighted by Gasteiger charge is 2.23. The van der Waals surface area contributed by atoms with E-state index in [0.717, 1.165) is 13.0 Å². The van der Waals surface area contributed by atoms with E-state index < -0.39 is 10.0 Å². The Morgan fingerprint density at radius 3 is 2.76 bits per heavy atom. The van der Waals surface area contributed by atoms with Crippen LogP contribution in [0.25, 0.3) is 0 Å². The van der Waals surface area contributed by atoms with Crippen LogP contribution in [0.3, 0.4) is 0 Å². The van der Waals surface area contributed by atoms with Gasteiger partial charge < -0.3 is 10.1 Å². The summed E-state index contributed by atoms with van der Waals surface area (Å²) >= 11 is 0. The molecule has 0 aliphatic rings. The summed E-state index contributed by atoms with van der Waals surface area (Å²) in [7, 11) is -0.0405. The number of methoxy groups -OCH3 is 1. The Bertz CT molecular complexity index is 525. The summed E-state index contributed by atoms with van der Waals surface area (Å²) < 4.78 is 33.7. The summed E-state index contributed by atoms with van der Waals surface area (Å²) in [5, 5.41) is 7.04. The summed E-state index contributed by atoms with van der Waals surface area (Å²) in [5.41, 5.74) is -0.162. The minimum absolute atomic E-state index is 0.162. The monoisotopic (exact) mass is 318 g/mol. The van der Waals surface area contributed by atoms with Crippen molar-refractivity contribution in [2.45, 2.75) is 31.7 Å². The zero-order valence-electron chi connectivity index (χ0n) is 13.2. The third kappa shape index (κ3) is 6.13. The van der Waals surface area contributed by atoms with Gasteiger partial charge in [-0.05, 0) is 18.9 Å². The van der Waals surface area contributed by atoms with Crippen molar-refractivity contribution in [1.29, 1.82) is 0 Å². The Morgan fingerprint density at radius 1 is 1.43 bits per heavy atom. The van der Waals surface area contributed by atoms with Crippen LogP contribution in [-0.4, -0.2) is 52.1 Å². The smallest absolute Gasteiger partial charge is 0.243 e. The number of likely N-dealkylation sites (N-methyl/N-ethyl adjacent to an activating group) is 1. The first-order chi connectivity index (χ1) is 9.80. The molecule has 1 aromatic heterocycles. The average molecular weight is 318 g/mol. The Morgan fingerprint density at radius 2 is 2.14 bits per heavy atom. The molecular weight excluding hydrogens is 292 g/mol. The Kier molecular flexibility index (Phi) is 6.79. The van der Waals surface area contributed by atoms with Crippen molar-refractivity contribution in [3.63, 3.8) is 0 Å². The number of hydrogen-bond acceptors (Lipinski definition) is 5. The van der Waals surface area contributed by atoms with Crippen molar-refractivity contribution in [2.24, 2.45) is 5.41 Å². The fourth-order valence-corrected chi connectivity index (χ4v) is 2.87. The first-order valence-corrected chi connectivity index (χ1v) is 8.45. The number of nitrogens with zero attached hydrogens (tertiary/aromatic N) is 2. The summed E-state index contributed by atoms with van der Waals surface area (Å²) in [6, 6.07) is 0. The van der Waals surface area contributed by atoms with Crippen LogP contribution < -0.4 is 10.0 Å². The molecule has 0 aliphatic carbocycles. The van der Waals surface area contributed by atoms with Crippen molar-refractivity contribution in [3.05, 3.63) is 12.4 Å². The lowest BCUT2D eigenvalue weighted by molar-refractivity contribution is 0.153. The number of ether oxygens (including phenoxy) is 1. The largest absolute Gasteiger partial charge is 0.385 e. The molecule has 0 spiro atoms. The van der Waals surface area contributed by atoms with Crippen molar-refractivity contribution in [2.75, 3.05) is 33.9 Å². The van der Waals surface area contributed by atoms with Crippen LogP contribution in [-0.2, 0) is 21.3 Å². The van der Waals surface area contributed by atoms with E-state index in [2.05, 4.69) is 15.1 Å². The van der Waals surface area contributed by atoms with Gasteiger partial charge in [-0.3, -0.25) is 4.68 Å². The van der Waals surface area contributed by atoms with Gasteiger partial charge in [0, 0.05) is 33.0 Å². The number of nitrogens with one attached hydrogen (secondary N) is 2. The molecule has 8 heteroatoms. The molecule has 1 heterocycles. The van der Waals surface area contributed by atoms with Gasteiger partial charge in [0.1, 0.15) is 4.90 Å². The topological polar surface area (TPSA) is 85.2 Å². The molecule has 0 fully saturated rings. The molecule has 1 aromatic rings. The molecule has 0 atom stereocenters. The first kappa shape index (κ1) is 18.1. The molecule has 0 saturated carbocycles. The van der Waals surface area contributed by atoms with E-state index >= 15 is 0 Å². The molecule has 0 radical (unpaired) electrons. The third-order valence-corrected chi connectivity index (χ3v) is 4.59. The molecule has 0 aromatic carbocycles. The van der Waals surface area contributed by atoms with E-state index in [4.69, 9.17) is 4.74 Å². The van der Waals surface area contributed by atoms with Crippen molar-refractivity contribution in [3.8, 4) is 0 Å². The maximum Gasteiger partial charge on any atom is 0.243 e. The zero-order chi connectivity index (χ0) is 15.9. The second-order valence-electron chi connectivity index (χ2n) is 5.77. The lowest BCUT2D eigenvalue weighted by atomic mass is 9.90. The van der Waals surface area contributed by atoms with E-state index in [9.17, 15) is 8.42 Å². The van der Waals surface area contributed by atoms with Crippen LogP contribution in [0.2, 0.25) is 0 Å². The van der Waals surface area contributed by atoms with Gasteiger partial charge in [0.15, 0.2) is 0 Å². The van der Waals surface area contributed by atoms with Gasteiger partial charge in [-0.1, -0.05) is 13.8 Å². The lowest BCUT2D eigenvalue weighted by Gasteiger charge is -2.24. The maximum atomic E-state index is 12.2. The van der Waals surface area contributed by atoms with Crippen LogP contribution in [0.1, 0.15) is 20.3 Å². The third-order valence-electron chi connectivity index (χ3n) is 3.23. The second kappa shape index (κ2) is 7.88. The molecule has 21 heavy (non-hydrogen) atoms. The normalized spacial score (nSPS) is 12.8. The van der Waals surface area contributed by atoms with E-state index in [-0.39, 0.29) is 10.3 Å². The molecule has 122 valence electrons. The predicted octanol–water partition coefficient (Wildman–Crippen LogP) is 0.444. The number of rotatable bonds is 10. The number of sulfonamides is 1. The van der Waals surface area contributed by atoms with Gasteiger partial charge in [0.2, 0.25) is 10.0 Å². The van der Waals surface area contributed by atoms with E-state index in [1.807, 2.05) is 20.9 Å². The SMILES string of the molecule is CNCCn1cc(S(=O)(=O)NCC(C)(C)CCOC)cn1. The van der Waals surface area contributed by atoms with Crippen LogP contribution in [0.5, 0.6) is 0 Å². The van der Waals surface area contributed by atoms with Crippen LogP contribution >= 0.6 is 0 Å². The minimum atomic E-state index is -3.52. The molecule has 1 rings (SSSR count). The average Bonchev–Trinajstić information content (AvgIpc) is 2.91. The lowest BCUT2D eigenvalue weighted by Crippen LogP contribution is -2.34. The molecule has 0 bridgehead atoms. The molecule has 2 N–H and O–H groups in total. The van der Waals surface area contributed by atoms with Crippen molar-refractivity contribution in [1.82, 2.24) is 19.8 Å². The fraction of sp³-hybridized carbons (Fsp3) is 0.769. The van der Waals surface area contributed by atoms with Crippen LogP contribution in [0, 0.1) is 5.41 Å². The van der Waals surface area contributed by atoms with Gasteiger partial charge in [-0.25, -0.2) is 13.1 Å². The summed E-state index contributed by atoms with van der Waals surface area (Å²) in [6.45, 7) is 6.34. The summed E-state index contributed by atoms with van der Waals surface area (Å²) in [5.74, 6) is 0. The molecular formula is C13H26N4O3S. The molecule has 7 nitrogen and oxygen atoms in total. The maximum absolute atomic E-state index is 12.2. The summed E-state index contributed by atoms with van der Waals surface area (Å²) in [6.07, 6.45) is 3.70. The standard InChI is InChI=1S/C13H26N4O3S/c1-13(2,5-8-20-4)11-16-21(18,19)12-9-15-17(10-12)7-6-14-3/h9-10,14,16H,5-8,11H2,1-4H3. The van der Waals surface area contributed by atoms with Gasteiger partial charge in [-0.15, -0.1) is 0 Å². The quantitative estimate of drug-likeness (QED) is 0.654. The van der Waals surface area contributed by atoms with Crippen LogP contribution in [0.15, 0.2) is 17.3 Å². The van der Waals surface area contributed by atoms with Gasteiger partial charge >= 0.3 is 0 Å². The van der Waals surface area contributed by atoms with E-state index in [1.165, 1.54) is 6.20 Å². The fourth-order valence-electron chi connectivity index (χ4n) is 1.67. The number of aromatic nitrogens is 2. The highest BCUT2D eigenvalue weighted by Crippen LogP contribution is 2.20. The molecule has 0 unspecified atom stereocenters. The molecule has 0 amide bonds. The predicted molar refractivity (Wildman–Crippen MR) is 81.6 cm³/mol. The van der Waals surface area contributed by atoms with E-state index in [1.54, 1.807) is 18.0 Å². The Labute approximate surface area is 127 Å². The highest BCUT2D eigenvalue weighted by molar-refractivity contribution is 7.89. The van der Waals surface area contributed by atoms with Crippen molar-refractivity contribution < 1.29 is 13.2 Å². The van der Waals surface area contributed by atoms with Crippen molar-refractivity contribution >= 4 is 10.0 Å². The molecule has 0 aliphatic heterocycles. The van der Waals surface area contributed by atoms with E-state index in [0.29, 0.717) is 19.7 Å². The van der Waals surface area contributed by atoms with Crippen LogP contribution in [0.4, 0.5) is 0 Å². The van der Waals surface area contributed by atoms with Gasteiger partial charge in [0.05, 0.1) is 12.7 Å². The molecule has 0 saturated heterocycles. The Hall–Kier alpha value is -0.960. The van der Waals surface area contributed by atoms with Gasteiger partial charge in [0.25, 0.3) is 0 Å². The minimum Gasteiger partial charge on any atom is -0.385 e. The summed E-state index contributed by atoms with van der Waals surface area (Å²) in [4.78, 5) is 0.196. The first-order valence-electron chi connectivity index (χ1n) is 6.96. The number of hydrogen-bond donors (Lipinski definition) is 2. The highest BCUT2D eigenvalue weighted by atomic mass is 32.2.